The minimum atomic E-state index is -1.01. The highest BCUT2D eigenvalue weighted by atomic mass is 32.2. The Kier molecular flexibility index (Phi) is 7.38. The molecular weight excluding hydrogens is 318 g/mol. The van der Waals surface area contributed by atoms with Gasteiger partial charge in [-0.1, -0.05) is 0 Å². The predicted octanol–water partition coefficient (Wildman–Crippen LogP) is 2.17. The van der Waals surface area contributed by atoms with Crippen molar-refractivity contribution in [3.8, 4) is 5.75 Å². The number of benzene rings is 1. The number of carbonyl (C=O) groups excluding carboxylic acids is 1. The van der Waals surface area contributed by atoms with Crippen LogP contribution in [0.3, 0.4) is 0 Å². The molecule has 0 saturated heterocycles. The molecule has 1 rings (SSSR count). The molecule has 1 amide bonds. The monoisotopic (exact) mass is 341 g/mol. The molecule has 0 aliphatic rings. The molecule has 2 N–H and O–H groups in total. The third-order valence-electron chi connectivity index (χ3n) is 3.17. The lowest BCUT2D eigenvalue weighted by Crippen LogP contribution is -2.54. The Morgan fingerprint density at radius 1 is 1.35 bits per heavy atom. The Labute approximate surface area is 140 Å². The molecule has 0 spiro atoms. The summed E-state index contributed by atoms with van der Waals surface area (Å²) in [7, 11) is 1.46. The zero-order valence-corrected chi connectivity index (χ0v) is 14.6. The summed E-state index contributed by atoms with van der Waals surface area (Å²) in [5, 5.41) is 11.7. The van der Waals surface area contributed by atoms with E-state index in [0.29, 0.717) is 5.75 Å². The van der Waals surface area contributed by atoms with Crippen LogP contribution in [0.2, 0.25) is 0 Å². The van der Waals surface area contributed by atoms with Crippen LogP contribution < -0.4 is 10.1 Å². The minimum Gasteiger partial charge on any atom is -0.481 e. The Hall–Kier alpha value is -1.73. The van der Waals surface area contributed by atoms with E-state index in [9.17, 15) is 9.59 Å². The zero-order valence-electron chi connectivity index (χ0n) is 13.8. The lowest BCUT2D eigenvalue weighted by atomic mass is 9.98. The van der Waals surface area contributed by atoms with Crippen LogP contribution in [-0.4, -0.2) is 48.6 Å². The first-order valence-electron chi connectivity index (χ1n) is 7.13. The van der Waals surface area contributed by atoms with E-state index in [-0.39, 0.29) is 18.9 Å². The summed E-state index contributed by atoms with van der Waals surface area (Å²) in [6.45, 7) is 3.34. The first-order chi connectivity index (χ1) is 10.8. The molecule has 1 aromatic rings. The number of amides is 1. The van der Waals surface area contributed by atoms with E-state index in [0.717, 1.165) is 4.90 Å². The number of hydrogen-bond acceptors (Lipinski definition) is 5. The maximum Gasteiger partial charge on any atom is 0.305 e. The van der Waals surface area contributed by atoms with Crippen molar-refractivity contribution in [2.45, 2.75) is 36.8 Å². The van der Waals surface area contributed by atoms with Crippen molar-refractivity contribution >= 4 is 23.6 Å². The molecule has 7 heteroatoms. The Morgan fingerprint density at radius 3 is 2.43 bits per heavy atom. The topological polar surface area (TPSA) is 84.9 Å². The van der Waals surface area contributed by atoms with E-state index in [1.54, 1.807) is 37.7 Å². The number of aliphatic carboxylic acids is 1. The number of carbonyl (C=O) groups is 2. The van der Waals surface area contributed by atoms with Crippen molar-refractivity contribution in [3.63, 3.8) is 0 Å². The molecule has 2 unspecified atom stereocenters. The van der Waals surface area contributed by atoms with Gasteiger partial charge in [0.25, 0.3) is 5.91 Å². The first kappa shape index (κ1) is 19.3. The molecule has 23 heavy (non-hydrogen) atoms. The van der Waals surface area contributed by atoms with Crippen LogP contribution in [0.1, 0.15) is 20.3 Å². The zero-order chi connectivity index (χ0) is 17.5. The Balaban J connectivity index is 2.68. The van der Waals surface area contributed by atoms with E-state index in [4.69, 9.17) is 14.6 Å². The molecule has 2 atom stereocenters. The van der Waals surface area contributed by atoms with E-state index >= 15 is 0 Å². The number of hydrogen-bond donors (Lipinski definition) is 2. The van der Waals surface area contributed by atoms with E-state index in [1.807, 2.05) is 18.4 Å². The predicted molar refractivity (Wildman–Crippen MR) is 89.0 cm³/mol. The number of carboxylic acid groups (broad SMARTS) is 1. The van der Waals surface area contributed by atoms with Crippen LogP contribution in [0.25, 0.3) is 0 Å². The van der Waals surface area contributed by atoms with Crippen LogP contribution in [0.4, 0.5) is 0 Å². The van der Waals surface area contributed by atoms with Gasteiger partial charge in [0.1, 0.15) is 5.75 Å². The maximum absolute atomic E-state index is 12.3. The van der Waals surface area contributed by atoms with E-state index < -0.39 is 17.6 Å². The average molecular weight is 341 g/mol. The highest BCUT2D eigenvalue weighted by Gasteiger charge is 2.31. The van der Waals surface area contributed by atoms with Crippen LogP contribution in [-0.2, 0) is 14.3 Å². The van der Waals surface area contributed by atoms with Gasteiger partial charge in [-0.05, 0) is 44.4 Å². The summed E-state index contributed by atoms with van der Waals surface area (Å²) in [6.07, 6.45) is 0.993. The fourth-order valence-corrected chi connectivity index (χ4v) is 2.50. The highest BCUT2D eigenvalue weighted by Crippen LogP contribution is 2.20. The van der Waals surface area contributed by atoms with Gasteiger partial charge in [-0.2, -0.15) is 0 Å². The van der Waals surface area contributed by atoms with Crippen LogP contribution in [0, 0.1) is 0 Å². The summed E-state index contributed by atoms with van der Waals surface area (Å²) in [5.74, 6) is -0.817. The number of nitrogens with one attached hydrogen (secondary N) is 1. The van der Waals surface area contributed by atoms with Gasteiger partial charge >= 0.3 is 5.97 Å². The fraction of sp³-hybridized carbons (Fsp3) is 0.500. The third-order valence-corrected chi connectivity index (χ3v) is 3.91. The number of rotatable bonds is 9. The van der Waals surface area contributed by atoms with Crippen molar-refractivity contribution in [3.05, 3.63) is 24.3 Å². The summed E-state index contributed by atoms with van der Waals surface area (Å²) in [5.41, 5.74) is -0.988. The lowest BCUT2D eigenvalue weighted by molar-refractivity contribution is -0.140. The molecule has 0 fully saturated rings. The molecule has 0 aromatic heterocycles. The summed E-state index contributed by atoms with van der Waals surface area (Å²) < 4.78 is 10.6. The van der Waals surface area contributed by atoms with Crippen molar-refractivity contribution in [2.75, 3.05) is 20.0 Å². The fourth-order valence-electron chi connectivity index (χ4n) is 2.09. The number of carboxylic acids is 1. The van der Waals surface area contributed by atoms with Crippen molar-refractivity contribution in [1.82, 2.24) is 5.32 Å². The second-order valence-corrected chi connectivity index (χ2v) is 6.37. The van der Waals surface area contributed by atoms with Gasteiger partial charge in [0, 0.05) is 12.0 Å². The van der Waals surface area contributed by atoms with Gasteiger partial charge in [0.2, 0.25) is 0 Å². The summed E-state index contributed by atoms with van der Waals surface area (Å²) in [4.78, 5) is 24.3. The Bertz CT molecular complexity index is 534. The number of methoxy groups -OCH3 is 1. The van der Waals surface area contributed by atoms with Gasteiger partial charge in [-0.15, -0.1) is 11.8 Å². The smallest absolute Gasteiger partial charge is 0.305 e. The largest absolute Gasteiger partial charge is 0.481 e. The maximum atomic E-state index is 12.3. The van der Waals surface area contributed by atoms with E-state index in [2.05, 4.69) is 5.32 Å². The lowest BCUT2D eigenvalue weighted by Gasteiger charge is -2.29. The molecule has 0 saturated carbocycles. The Morgan fingerprint density at radius 2 is 1.96 bits per heavy atom. The molecule has 128 valence electrons. The molecule has 0 aliphatic heterocycles. The van der Waals surface area contributed by atoms with Crippen LogP contribution in [0.15, 0.2) is 29.2 Å². The van der Waals surface area contributed by atoms with Crippen LogP contribution in [0.5, 0.6) is 5.75 Å². The SMILES string of the molecule is COCC(C)(CC(=O)O)NC(=O)C(C)Oc1ccc(SC)cc1. The second kappa shape index (κ2) is 8.79. The molecule has 0 aliphatic carbocycles. The van der Waals surface area contributed by atoms with Gasteiger partial charge in [0.15, 0.2) is 6.10 Å². The third kappa shape index (κ3) is 6.50. The molecule has 0 heterocycles. The first-order valence-corrected chi connectivity index (χ1v) is 8.35. The second-order valence-electron chi connectivity index (χ2n) is 5.49. The molecule has 0 radical (unpaired) electrons. The van der Waals surface area contributed by atoms with Gasteiger partial charge in [0.05, 0.1) is 18.6 Å². The van der Waals surface area contributed by atoms with Crippen molar-refractivity contribution < 1.29 is 24.2 Å². The minimum absolute atomic E-state index is 0.0974. The normalized spacial score (nSPS) is 14.6. The van der Waals surface area contributed by atoms with Gasteiger partial charge in [-0.3, -0.25) is 9.59 Å². The van der Waals surface area contributed by atoms with Crippen molar-refractivity contribution in [1.29, 1.82) is 0 Å². The summed E-state index contributed by atoms with van der Waals surface area (Å²) >= 11 is 1.62. The van der Waals surface area contributed by atoms with E-state index in [1.165, 1.54) is 7.11 Å². The molecule has 0 bridgehead atoms. The summed E-state index contributed by atoms with van der Waals surface area (Å²) in [6, 6.07) is 7.40. The molecule has 6 nitrogen and oxygen atoms in total. The number of thioether (sulfide) groups is 1. The van der Waals surface area contributed by atoms with Gasteiger partial charge in [-0.25, -0.2) is 0 Å². The highest BCUT2D eigenvalue weighted by molar-refractivity contribution is 7.98. The quantitative estimate of drug-likeness (QED) is 0.670. The standard InChI is InChI=1S/C16H23NO5S/c1-11(22-12-5-7-13(23-4)8-6-12)15(20)17-16(2,10-21-3)9-14(18)19/h5-8,11H,9-10H2,1-4H3,(H,17,20)(H,18,19). The molecular formula is C16H23NO5S. The van der Waals surface area contributed by atoms with Gasteiger partial charge < -0.3 is 19.9 Å². The van der Waals surface area contributed by atoms with Crippen LogP contribution >= 0.6 is 11.8 Å². The van der Waals surface area contributed by atoms with Crippen molar-refractivity contribution in [2.24, 2.45) is 0 Å². The number of ether oxygens (including phenoxy) is 2. The molecule has 1 aromatic carbocycles. The average Bonchev–Trinajstić information content (AvgIpc) is 2.47.